The Balaban J connectivity index is 1.18. The van der Waals surface area contributed by atoms with Gasteiger partial charge in [-0.15, -0.1) is 0 Å². The molecule has 0 aliphatic rings. The van der Waals surface area contributed by atoms with Crippen LogP contribution < -0.4 is 0 Å². The summed E-state index contributed by atoms with van der Waals surface area (Å²) in [4.78, 5) is 0. The number of nitrogens with zero attached hydrogens (tertiary/aromatic N) is 3. The molecule has 4 nitrogen and oxygen atoms in total. The number of hydrogen-bond acceptors (Lipinski definition) is 1. The Labute approximate surface area is 344 Å². The number of hydrogen-bond donors (Lipinski definition) is 0. The normalized spacial score (nSPS) is 12.0. The van der Waals surface area contributed by atoms with Crippen molar-refractivity contribution in [2.24, 2.45) is 0 Å². The van der Waals surface area contributed by atoms with E-state index in [1.54, 1.807) is 0 Å². The van der Waals surface area contributed by atoms with Gasteiger partial charge in [0.2, 0.25) is 0 Å². The van der Waals surface area contributed by atoms with E-state index in [1.165, 1.54) is 43.5 Å². The molecular weight excluding hydrogens is 731 g/mol. The number of rotatable bonds is 3. The van der Waals surface area contributed by atoms with Gasteiger partial charge in [0.15, 0.2) is 0 Å². The number of fused-ring (bicyclic) bond motifs is 12. The Morgan fingerprint density at radius 3 is 1.60 bits per heavy atom. The van der Waals surface area contributed by atoms with Gasteiger partial charge < -0.3 is 18.1 Å². The van der Waals surface area contributed by atoms with E-state index in [0.29, 0.717) is 0 Å². The van der Waals surface area contributed by atoms with E-state index in [1.807, 2.05) is 0 Å². The Bertz CT molecular complexity index is 3960. The zero-order valence-corrected chi connectivity index (χ0v) is 32.5. The van der Waals surface area contributed by atoms with Gasteiger partial charge in [0, 0.05) is 54.7 Å². The highest BCUT2D eigenvalue weighted by Crippen LogP contribution is 2.40. The third kappa shape index (κ3) is 4.91. The minimum absolute atomic E-state index is 0.858. The maximum absolute atomic E-state index is 6.59. The molecule has 0 N–H and O–H groups in total. The summed E-state index contributed by atoms with van der Waals surface area (Å²) < 4.78 is 13.8. The van der Waals surface area contributed by atoms with E-state index in [2.05, 4.69) is 226 Å². The molecule has 0 fully saturated rings. The minimum atomic E-state index is 0.858. The van der Waals surface area contributed by atoms with Crippen LogP contribution in [0.2, 0.25) is 0 Å². The zero-order valence-electron chi connectivity index (χ0n) is 32.5. The molecule has 3 heterocycles. The second-order valence-electron chi connectivity index (χ2n) is 15.8. The minimum Gasteiger partial charge on any atom is -0.456 e. The third-order valence-electron chi connectivity index (χ3n) is 12.4. The highest BCUT2D eigenvalue weighted by Gasteiger charge is 2.19. The number of furan rings is 1. The first kappa shape index (κ1) is 32.9. The van der Waals surface area contributed by atoms with Crippen molar-refractivity contribution in [1.82, 2.24) is 13.7 Å². The molecule has 4 heteroatoms. The Hall–Kier alpha value is -8.08. The lowest BCUT2D eigenvalue weighted by Crippen LogP contribution is -1.99. The lowest BCUT2D eigenvalue weighted by Gasteiger charge is -2.15. The second-order valence-corrected chi connectivity index (χ2v) is 15.8. The Morgan fingerprint density at radius 2 is 0.817 bits per heavy atom. The standard InChI is InChI=1S/C56H35N3O/c1-2-13-38-31-43(26-25-36(38)11-1)57-41-17-7-15-39(32-41)40-16-8-18-42(33-40)58(45-28-30-55-49(35-45)48-34-44(57)27-29-54(48)60-55)52-23-10-24-53-56(52)47-20-5-6-21-51(47)59(53)50-22-9-14-37-12-3-4-19-46(37)50/h1-35H. The molecule has 0 aliphatic carbocycles. The fourth-order valence-electron chi connectivity index (χ4n) is 9.72. The van der Waals surface area contributed by atoms with Crippen molar-refractivity contribution >= 4 is 98.1 Å². The van der Waals surface area contributed by atoms with Crippen molar-refractivity contribution in [3.8, 4) is 17.1 Å². The quantitative estimate of drug-likeness (QED) is 0.176. The van der Waals surface area contributed by atoms with E-state index >= 15 is 0 Å². The summed E-state index contributed by atoms with van der Waals surface area (Å²) in [7, 11) is 0. The molecule has 13 rings (SSSR count). The fourth-order valence-corrected chi connectivity index (χ4v) is 9.72. The number of benzene rings is 10. The van der Waals surface area contributed by atoms with Crippen molar-refractivity contribution in [3.63, 3.8) is 0 Å². The molecule has 60 heavy (non-hydrogen) atoms. The van der Waals surface area contributed by atoms with Crippen molar-refractivity contribution in [1.29, 1.82) is 0 Å². The van der Waals surface area contributed by atoms with Gasteiger partial charge in [0.05, 0.1) is 22.4 Å². The van der Waals surface area contributed by atoms with E-state index in [4.69, 9.17) is 4.42 Å². The third-order valence-corrected chi connectivity index (χ3v) is 12.4. The summed E-state index contributed by atoms with van der Waals surface area (Å²) in [5.41, 5.74) is 11.7. The van der Waals surface area contributed by atoms with Gasteiger partial charge in [-0.3, -0.25) is 0 Å². The predicted octanol–water partition coefficient (Wildman–Crippen LogP) is 15.2. The summed E-state index contributed by atoms with van der Waals surface area (Å²) in [5.74, 6) is 0. The first-order valence-electron chi connectivity index (χ1n) is 20.5. The molecule has 10 aromatic carbocycles. The van der Waals surface area contributed by atoms with E-state index in [9.17, 15) is 0 Å². The van der Waals surface area contributed by atoms with Crippen LogP contribution >= 0.6 is 0 Å². The summed E-state index contributed by atoms with van der Waals surface area (Å²) in [6.45, 7) is 0. The van der Waals surface area contributed by atoms with E-state index in [0.717, 1.165) is 71.7 Å². The van der Waals surface area contributed by atoms with Gasteiger partial charge >= 0.3 is 0 Å². The van der Waals surface area contributed by atoms with Gasteiger partial charge in [0.1, 0.15) is 11.2 Å². The summed E-state index contributed by atoms with van der Waals surface area (Å²) in [6, 6.07) is 77.3. The zero-order chi connectivity index (χ0) is 39.3. The monoisotopic (exact) mass is 765 g/mol. The van der Waals surface area contributed by atoms with Crippen LogP contribution in [-0.2, 0) is 0 Å². The molecule has 0 saturated heterocycles. The number of aromatic nitrogens is 3. The molecule has 0 radical (unpaired) electrons. The maximum atomic E-state index is 6.59. The van der Waals surface area contributed by atoms with E-state index in [-0.39, 0.29) is 0 Å². The van der Waals surface area contributed by atoms with Crippen LogP contribution in [0.5, 0.6) is 0 Å². The SMILES string of the molecule is c1ccc2cc(-n3c4cccc(c4)c4cccc(c4)n(-c4cccc5c4c4ccccc4n5-c4cccc5ccccc45)c4ccc5oc6ccc3cc6c5c4)ccc2c1. The van der Waals surface area contributed by atoms with Crippen LogP contribution in [0.4, 0.5) is 0 Å². The highest BCUT2D eigenvalue weighted by atomic mass is 16.3. The van der Waals surface area contributed by atoms with Crippen LogP contribution in [0.25, 0.3) is 115 Å². The van der Waals surface area contributed by atoms with Crippen molar-refractivity contribution in [3.05, 3.63) is 212 Å². The number of para-hydroxylation sites is 1. The average molecular weight is 766 g/mol. The Kier molecular flexibility index (Phi) is 6.98. The molecule has 0 aliphatic heterocycles. The van der Waals surface area contributed by atoms with Crippen molar-refractivity contribution < 1.29 is 4.42 Å². The molecule has 0 amide bonds. The molecule has 3 aromatic heterocycles. The van der Waals surface area contributed by atoms with Crippen LogP contribution in [-0.4, -0.2) is 13.7 Å². The molecule has 0 unspecified atom stereocenters. The summed E-state index contributed by atoms with van der Waals surface area (Å²) >= 11 is 0. The average Bonchev–Trinajstić information content (AvgIpc) is 3.84. The fraction of sp³-hybridized carbons (Fsp3) is 0. The second kappa shape index (κ2) is 12.7. The summed E-state index contributed by atoms with van der Waals surface area (Å²) in [6.07, 6.45) is 0. The van der Waals surface area contributed by atoms with Gasteiger partial charge in [-0.05, 0) is 124 Å². The highest BCUT2D eigenvalue weighted by molar-refractivity contribution is 6.15. The molecular formula is C56H35N3O. The van der Waals surface area contributed by atoms with Gasteiger partial charge in [-0.1, -0.05) is 115 Å². The maximum Gasteiger partial charge on any atom is 0.135 e. The largest absolute Gasteiger partial charge is 0.456 e. The van der Waals surface area contributed by atoms with Crippen LogP contribution in [0.15, 0.2) is 217 Å². The molecule has 0 saturated carbocycles. The van der Waals surface area contributed by atoms with Gasteiger partial charge in [0.25, 0.3) is 0 Å². The van der Waals surface area contributed by atoms with Crippen molar-refractivity contribution in [2.75, 3.05) is 0 Å². The topological polar surface area (TPSA) is 27.9 Å². The van der Waals surface area contributed by atoms with Crippen LogP contribution in [0, 0.1) is 0 Å². The smallest absolute Gasteiger partial charge is 0.135 e. The van der Waals surface area contributed by atoms with Crippen LogP contribution in [0.3, 0.4) is 0 Å². The first-order valence-corrected chi connectivity index (χ1v) is 20.5. The first-order chi connectivity index (χ1) is 29.7. The molecule has 8 bridgehead atoms. The van der Waals surface area contributed by atoms with Crippen molar-refractivity contribution in [2.45, 2.75) is 0 Å². The summed E-state index contributed by atoms with van der Waals surface area (Å²) in [5, 5.41) is 11.7. The molecule has 0 atom stereocenters. The molecule has 0 spiro atoms. The van der Waals surface area contributed by atoms with E-state index < -0.39 is 0 Å². The lowest BCUT2D eigenvalue weighted by molar-refractivity contribution is 0.669. The molecule has 13 aromatic rings. The van der Waals surface area contributed by atoms with Gasteiger partial charge in [-0.25, -0.2) is 0 Å². The lowest BCUT2D eigenvalue weighted by atomic mass is 10.1. The molecule has 280 valence electrons. The predicted molar refractivity (Wildman–Crippen MR) is 252 cm³/mol. The Morgan fingerprint density at radius 1 is 0.283 bits per heavy atom. The van der Waals surface area contributed by atoms with Crippen LogP contribution in [0.1, 0.15) is 0 Å². The van der Waals surface area contributed by atoms with Gasteiger partial charge in [-0.2, -0.15) is 0 Å².